The smallest absolute Gasteiger partial charge is 0.418 e. The molecule has 0 bridgehead atoms. The molecule has 1 aliphatic carbocycles. The lowest BCUT2D eigenvalue weighted by Gasteiger charge is -2.08. The first-order valence-electron chi connectivity index (χ1n) is 6.63. The number of rotatable bonds is 3. The van der Waals surface area contributed by atoms with Gasteiger partial charge in [-0.25, -0.2) is 0 Å². The molecule has 3 rings (SSSR count). The Kier molecular flexibility index (Phi) is 3.31. The average molecular weight is 307 g/mol. The molecule has 2 aromatic rings. The third-order valence-electron chi connectivity index (χ3n) is 3.65. The summed E-state index contributed by atoms with van der Waals surface area (Å²) in [6.45, 7) is -0.505. The van der Waals surface area contributed by atoms with Gasteiger partial charge in [-0.3, -0.25) is 4.79 Å². The van der Waals surface area contributed by atoms with Gasteiger partial charge < -0.3 is 9.67 Å². The maximum Gasteiger partial charge on any atom is 0.418 e. The van der Waals surface area contributed by atoms with Crippen molar-refractivity contribution in [2.45, 2.75) is 18.6 Å². The lowest BCUT2D eigenvalue weighted by Crippen LogP contribution is -2.08. The zero-order valence-corrected chi connectivity index (χ0v) is 11.3. The van der Waals surface area contributed by atoms with Crippen molar-refractivity contribution in [2.24, 2.45) is 0 Å². The average Bonchev–Trinajstić information content (AvgIpc) is 3.05. The molecule has 22 heavy (non-hydrogen) atoms. The monoisotopic (exact) mass is 307 g/mol. The van der Waals surface area contributed by atoms with E-state index in [1.165, 1.54) is 6.07 Å². The Morgan fingerprint density at radius 3 is 2.50 bits per heavy atom. The van der Waals surface area contributed by atoms with Gasteiger partial charge in [0.25, 0.3) is 0 Å². The minimum absolute atomic E-state index is 0.0277. The molecule has 0 atom stereocenters. The predicted molar refractivity (Wildman–Crippen MR) is 75.6 cm³/mol. The molecule has 6 heteroatoms. The molecule has 0 radical (unpaired) electrons. The van der Waals surface area contributed by atoms with Crippen LogP contribution in [-0.4, -0.2) is 15.6 Å². The number of aromatic nitrogens is 1. The van der Waals surface area contributed by atoms with E-state index in [4.69, 9.17) is 5.11 Å². The van der Waals surface area contributed by atoms with Gasteiger partial charge >= 0.3 is 12.1 Å². The summed E-state index contributed by atoms with van der Waals surface area (Å²) in [6.07, 6.45) is 3.81. The van der Waals surface area contributed by atoms with Gasteiger partial charge in [0.15, 0.2) is 0 Å². The molecule has 0 saturated carbocycles. The number of allylic oxidation sites excluding steroid dienone is 4. The Labute approximate surface area is 124 Å². The summed E-state index contributed by atoms with van der Waals surface area (Å²) in [7, 11) is 0. The van der Waals surface area contributed by atoms with Crippen molar-refractivity contribution in [3.8, 4) is 0 Å². The van der Waals surface area contributed by atoms with Crippen LogP contribution in [0.5, 0.6) is 0 Å². The van der Waals surface area contributed by atoms with E-state index in [0.717, 1.165) is 16.3 Å². The second-order valence-electron chi connectivity index (χ2n) is 5.13. The van der Waals surface area contributed by atoms with Crippen LogP contribution in [0.15, 0.2) is 48.7 Å². The molecule has 1 aromatic carbocycles. The Balaban J connectivity index is 2.18. The first kappa shape index (κ1) is 14.4. The summed E-state index contributed by atoms with van der Waals surface area (Å²) in [5.41, 5.74) is 0.206. The van der Waals surface area contributed by atoms with Crippen LogP contribution < -0.4 is 0 Å². The highest BCUT2D eigenvalue weighted by Gasteiger charge is 2.35. The SMILES string of the molecule is O=C(O)Cn1cc(C(F)(F)F)c2cc(C3C=CC=C3)ccc21. The van der Waals surface area contributed by atoms with Gasteiger partial charge in [-0.2, -0.15) is 13.2 Å². The van der Waals surface area contributed by atoms with Gasteiger partial charge in [0.1, 0.15) is 6.54 Å². The van der Waals surface area contributed by atoms with Crippen molar-refractivity contribution >= 4 is 16.9 Å². The standard InChI is InChI=1S/C16H12F3NO2/c17-16(18,19)13-8-20(9-15(21)22)14-6-5-11(7-12(13)14)10-3-1-2-4-10/h1-8,10H,9H2,(H,21,22). The third-order valence-corrected chi connectivity index (χ3v) is 3.65. The number of carboxylic acid groups (broad SMARTS) is 1. The fourth-order valence-corrected chi connectivity index (χ4v) is 2.68. The zero-order chi connectivity index (χ0) is 15.9. The van der Waals surface area contributed by atoms with Gasteiger partial charge in [-0.05, 0) is 17.7 Å². The molecule has 0 aliphatic heterocycles. The second-order valence-corrected chi connectivity index (χ2v) is 5.13. The topological polar surface area (TPSA) is 42.2 Å². The summed E-state index contributed by atoms with van der Waals surface area (Å²) in [6, 6.07) is 4.76. The van der Waals surface area contributed by atoms with E-state index in [0.29, 0.717) is 0 Å². The lowest BCUT2D eigenvalue weighted by molar-refractivity contribution is -0.139. The van der Waals surface area contributed by atoms with E-state index in [1.54, 1.807) is 12.1 Å². The van der Waals surface area contributed by atoms with Crippen LogP contribution in [0, 0.1) is 0 Å². The van der Waals surface area contributed by atoms with Crippen LogP contribution in [0.2, 0.25) is 0 Å². The van der Waals surface area contributed by atoms with Gasteiger partial charge in [0.05, 0.1) is 5.56 Å². The van der Waals surface area contributed by atoms with E-state index in [1.807, 2.05) is 24.3 Å². The summed E-state index contributed by atoms with van der Waals surface area (Å²) < 4.78 is 40.7. The molecular weight excluding hydrogens is 295 g/mol. The molecular formula is C16H12F3NO2. The maximum atomic E-state index is 13.2. The van der Waals surface area contributed by atoms with Crippen molar-refractivity contribution in [3.63, 3.8) is 0 Å². The van der Waals surface area contributed by atoms with E-state index >= 15 is 0 Å². The number of halogens is 3. The molecule has 1 aliphatic rings. The molecule has 0 fully saturated rings. The van der Waals surface area contributed by atoms with Crippen LogP contribution in [0.4, 0.5) is 13.2 Å². The van der Waals surface area contributed by atoms with Crippen molar-refractivity contribution in [2.75, 3.05) is 0 Å². The first-order chi connectivity index (χ1) is 10.4. The van der Waals surface area contributed by atoms with Crippen molar-refractivity contribution in [3.05, 3.63) is 59.8 Å². The highest BCUT2D eigenvalue weighted by Crippen LogP contribution is 2.37. The summed E-state index contributed by atoms with van der Waals surface area (Å²) >= 11 is 0. The number of alkyl halides is 3. The fraction of sp³-hybridized carbons (Fsp3) is 0.188. The minimum atomic E-state index is -4.53. The molecule has 0 unspecified atom stereocenters. The molecule has 3 nitrogen and oxygen atoms in total. The van der Waals surface area contributed by atoms with Crippen molar-refractivity contribution < 1.29 is 23.1 Å². The summed E-state index contributed by atoms with van der Waals surface area (Å²) in [4.78, 5) is 10.8. The molecule has 1 N–H and O–H groups in total. The van der Waals surface area contributed by atoms with Crippen LogP contribution in [0.3, 0.4) is 0 Å². The van der Waals surface area contributed by atoms with E-state index in [9.17, 15) is 18.0 Å². The summed E-state index contributed by atoms with van der Waals surface area (Å²) in [5.74, 6) is -1.23. The van der Waals surface area contributed by atoms with Gasteiger partial charge in [0, 0.05) is 23.0 Å². The number of hydrogen-bond donors (Lipinski definition) is 1. The molecule has 0 spiro atoms. The third kappa shape index (κ3) is 2.52. The normalized spacial score (nSPS) is 15.0. The number of hydrogen-bond acceptors (Lipinski definition) is 1. The molecule has 1 heterocycles. The predicted octanol–water partition coefficient (Wildman–Crippen LogP) is 3.95. The molecule has 0 saturated heterocycles. The second kappa shape index (κ2) is 5.05. The van der Waals surface area contributed by atoms with E-state index in [2.05, 4.69) is 0 Å². The minimum Gasteiger partial charge on any atom is -0.480 e. The lowest BCUT2D eigenvalue weighted by atomic mass is 9.98. The Morgan fingerprint density at radius 2 is 1.91 bits per heavy atom. The zero-order valence-electron chi connectivity index (χ0n) is 11.3. The quantitative estimate of drug-likeness (QED) is 0.933. The van der Waals surface area contributed by atoms with Crippen molar-refractivity contribution in [1.82, 2.24) is 4.57 Å². The number of carbonyl (C=O) groups is 1. The number of benzene rings is 1. The van der Waals surface area contributed by atoms with Gasteiger partial charge in [0.2, 0.25) is 0 Å². The van der Waals surface area contributed by atoms with Crippen LogP contribution in [0.25, 0.3) is 10.9 Å². The molecule has 114 valence electrons. The molecule has 1 aromatic heterocycles. The van der Waals surface area contributed by atoms with E-state index < -0.39 is 24.3 Å². The highest BCUT2D eigenvalue weighted by atomic mass is 19.4. The van der Waals surface area contributed by atoms with Crippen LogP contribution in [0.1, 0.15) is 17.0 Å². The highest BCUT2D eigenvalue weighted by molar-refractivity contribution is 5.86. The fourth-order valence-electron chi connectivity index (χ4n) is 2.68. The van der Waals surface area contributed by atoms with Gasteiger partial charge in [-0.15, -0.1) is 0 Å². The Morgan fingerprint density at radius 1 is 1.23 bits per heavy atom. The Bertz CT molecular complexity index is 788. The van der Waals surface area contributed by atoms with Crippen LogP contribution in [-0.2, 0) is 17.5 Å². The summed E-state index contributed by atoms with van der Waals surface area (Å²) in [5, 5.41) is 8.87. The Hall–Kier alpha value is -2.50. The first-order valence-corrected chi connectivity index (χ1v) is 6.63. The number of carboxylic acids is 1. The van der Waals surface area contributed by atoms with Crippen LogP contribution >= 0.6 is 0 Å². The van der Waals surface area contributed by atoms with Gasteiger partial charge in [-0.1, -0.05) is 30.4 Å². The van der Waals surface area contributed by atoms with E-state index in [-0.39, 0.29) is 16.8 Å². The maximum absolute atomic E-state index is 13.2. The number of nitrogens with zero attached hydrogens (tertiary/aromatic N) is 1. The van der Waals surface area contributed by atoms with Crippen molar-refractivity contribution in [1.29, 1.82) is 0 Å². The largest absolute Gasteiger partial charge is 0.480 e. The number of fused-ring (bicyclic) bond motifs is 1. The molecule has 0 amide bonds. The number of aliphatic carboxylic acids is 1.